The summed E-state index contributed by atoms with van der Waals surface area (Å²) in [7, 11) is 0. The molecule has 6 rings (SSSR count). The third-order valence-corrected chi connectivity index (χ3v) is 6.26. The molecule has 0 aliphatic carbocycles. The average Bonchev–Trinajstić information content (AvgIpc) is 3.53. The minimum Gasteiger partial charge on any atom is -1.00 e. The van der Waals surface area contributed by atoms with Gasteiger partial charge in [0, 0.05) is 11.1 Å². The van der Waals surface area contributed by atoms with Gasteiger partial charge < -0.3 is 24.8 Å². The Balaban J connectivity index is 0.000000286. The van der Waals surface area contributed by atoms with E-state index in [0.29, 0.717) is 5.56 Å². The van der Waals surface area contributed by atoms with Crippen molar-refractivity contribution in [1.82, 2.24) is 0 Å². The summed E-state index contributed by atoms with van der Waals surface area (Å²) in [6.07, 6.45) is -9.69. The van der Waals surface area contributed by atoms with Crippen LogP contribution in [0.3, 0.4) is 0 Å². The van der Waals surface area contributed by atoms with Gasteiger partial charge in [0.2, 0.25) is 0 Å². The predicted molar refractivity (Wildman–Crippen MR) is 140 cm³/mol. The molecular weight excluding hydrogens is 748 g/mol. The molecule has 0 spiro atoms. The van der Waals surface area contributed by atoms with E-state index >= 15 is 0 Å². The first kappa shape index (κ1) is 34.3. The maximum absolute atomic E-state index is 12.9. The van der Waals surface area contributed by atoms with Crippen molar-refractivity contribution in [2.75, 3.05) is 0 Å². The number of rotatable bonds is 2. The molecule has 0 aliphatic heterocycles. The van der Waals surface area contributed by atoms with Gasteiger partial charge in [-0.25, -0.2) is 0 Å². The largest absolute Gasteiger partial charge is 4.00 e. The maximum atomic E-state index is 12.9. The molecule has 0 heterocycles. The van der Waals surface area contributed by atoms with E-state index < -0.39 is 23.5 Å². The molecule has 208 valence electrons. The molecule has 0 N–H and O–H groups in total. The van der Waals surface area contributed by atoms with E-state index in [2.05, 4.69) is 60.7 Å². The number of fused-ring (bicyclic) bond motifs is 2. The Morgan fingerprint density at radius 3 is 1.24 bits per heavy atom. The molecule has 0 radical (unpaired) electrons. The molecule has 0 bridgehead atoms. The van der Waals surface area contributed by atoms with Crippen LogP contribution in [0.5, 0.6) is 0 Å². The third-order valence-electron chi connectivity index (χ3n) is 6.26. The van der Waals surface area contributed by atoms with E-state index in [9.17, 15) is 26.3 Å². The number of hydrogen-bond acceptors (Lipinski definition) is 0. The zero-order valence-electron chi connectivity index (χ0n) is 21.1. The Morgan fingerprint density at radius 2 is 0.829 bits per heavy atom. The van der Waals surface area contributed by atoms with E-state index in [0.717, 1.165) is 22.9 Å². The first-order valence-electron chi connectivity index (χ1n) is 11.7. The summed E-state index contributed by atoms with van der Waals surface area (Å²) in [5, 5.41) is 4.15. The topological polar surface area (TPSA) is 0 Å². The van der Waals surface area contributed by atoms with Crippen LogP contribution in [0.25, 0.3) is 43.8 Å². The molecule has 0 aromatic heterocycles. The second-order valence-corrected chi connectivity index (χ2v) is 8.91. The van der Waals surface area contributed by atoms with Gasteiger partial charge in [-0.3, -0.25) is 0 Å². The molecule has 0 unspecified atom stereocenters. The number of hydrogen-bond donors (Lipinski definition) is 0. The van der Waals surface area contributed by atoms with Gasteiger partial charge in [-0.15, -0.1) is 69.1 Å². The molecular formula is C32H20Cl2F6Hf. The van der Waals surface area contributed by atoms with Crippen LogP contribution in [0.15, 0.2) is 121 Å². The molecule has 41 heavy (non-hydrogen) atoms. The van der Waals surface area contributed by atoms with Gasteiger partial charge in [0.1, 0.15) is 0 Å². The number of alkyl halides is 6. The zero-order chi connectivity index (χ0) is 26.9. The van der Waals surface area contributed by atoms with Gasteiger partial charge in [-0.2, -0.15) is 26.3 Å². The monoisotopic (exact) mass is 768 g/mol. The van der Waals surface area contributed by atoms with Gasteiger partial charge in [-0.05, 0) is 6.07 Å². The van der Waals surface area contributed by atoms with Gasteiger partial charge in [-0.1, -0.05) is 90.0 Å². The van der Waals surface area contributed by atoms with Gasteiger partial charge in [0.05, 0.1) is 0 Å². The van der Waals surface area contributed by atoms with Crippen LogP contribution in [0.4, 0.5) is 26.3 Å². The Hall–Kier alpha value is -2.87. The summed E-state index contributed by atoms with van der Waals surface area (Å²) in [6, 6.07) is 35.2. The molecule has 6 aromatic rings. The van der Waals surface area contributed by atoms with Crippen LogP contribution >= 0.6 is 0 Å². The normalized spacial score (nSPS) is 11.1. The fourth-order valence-corrected chi connectivity index (χ4v) is 4.39. The van der Waals surface area contributed by atoms with Crippen LogP contribution in [0, 0.1) is 0 Å². The van der Waals surface area contributed by atoms with Crippen molar-refractivity contribution in [3.63, 3.8) is 0 Å². The molecule has 0 amide bonds. The Kier molecular flexibility index (Phi) is 11.6. The average molecular weight is 768 g/mol. The van der Waals surface area contributed by atoms with Crippen LogP contribution in [0.1, 0.15) is 11.1 Å². The quantitative estimate of drug-likeness (QED) is 0.139. The molecule has 0 atom stereocenters. The summed E-state index contributed by atoms with van der Waals surface area (Å²) in [6.45, 7) is 0. The van der Waals surface area contributed by atoms with Gasteiger partial charge in [0.15, 0.2) is 0 Å². The van der Waals surface area contributed by atoms with Crippen molar-refractivity contribution in [3.05, 3.63) is 132 Å². The van der Waals surface area contributed by atoms with Crippen molar-refractivity contribution in [2.45, 2.75) is 12.4 Å². The SMILES string of the molecule is FC(F)(F)c1cc(-c2cc3ccccc3[cH-]2)cc(C(F)(F)F)c1.[Cl-].[Cl-].[Hf+4].c1ccc(-c2cc3ccccc3[cH-]2)cc1. The molecule has 0 fully saturated rings. The minimum atomic E-state index is -4.85. The first-order chi connectivity index (χ1) is 18.1. The molecule has 0 saturated heterocycles. The van der Waals surface area contributed by atoms with Crippen molar-refractivity contribution in [2.24, 2.45) is 0 Å². The summed E-state index contributed by atoms with van der Waals surface area (Å²) >= 11 is 0. The third kappa shape index (κ3) is 8.12. The smallest absolute Gasteiger partial charge is 1.00 e. The van der Waals surface area contributed by atoms with E-state index in [1.807, 2.05) is 6.07 Å². The summed E-state index contributed by atoms with van der Waals surface area (Å²) in [5.74, 6) is 0. The Labute approximate surface area is 264 Å². The molecule has 0 aliphatic rings. The van der Waals surface area contributed by atoms with Crippen molar-refractivity contribution in [3.8, 4) is 22.3 Å². The Bertz CT molecular complexity index is 1600. The zero-order valence-corrected chi connectivity index (χ0v) is 26.2. The predicted octanol–water partition coefficient (Wildman–Crippen LogP) is 4.49. The van der Waals surface area contributed by atoms with E-state index in [-0.39, 0.29) is 62.3 Å². The fourth-order valence-electron chi connectivity index (χ4n) is 4.39. The van der Waals surface area contributed by atoms with Crippen molar-refractivity contribution < 1.29 is 77.0 Å². The standard InChI is InChI=1S/C17H9F6.C15H11.2ClH.Hf/c18-16(19,20)14-7-13(8-15(9-14)17(21,22)23)12-5-10-3-1-2-4-11(10)6-12;1-2-6-12(7-3-1)15-10-13-8-4-5-9-14(13)11-15;;;/h1-9H;1-11H;2*1H;/q2*-1;;;+4/p-2. The minimum absolute atomic E-state index is 0. The molecule has 0 saturated carbocycles. The molecule has 0 nitrogen and oxygen atoms in total. The second kappa shape index (κ2) is 13.9. The molecule has 6 aromatic carbocycles. The van der Waals surface area contributed by atoms with E-state index in [1.165, 1.54) is 21.9 Å². The van der Waals surface area contributed by atoms with Crippen LogP contribution in [-0.4, -0.2) is 0 Å². The van der Waals surface area contributed by atoms with Gasteiger partial charge in [0.25, 0.3) is 0 Å². The van der Waals surface area contributed by atoms with Crippen LogP contribution in [-0.2, 0) is 38.2 Å². The summed E-state index contributed by atoms with van der Waals surface area (Å²) in [4.78, 5) is 0. The summed E-state index contributed by atoms with van der Waals surface area (Å²) in [5.41, 5.74) is 0.178. The van der Waals surface area contributed by atoms with Crippen LogP contribution in [0.2, 0.25) is 0 Å². The van der Waals surface area contributed by atoms with Crippen LogP contribution < -0.4 is 24.8 Å². The van der Waals surface area contributed by atoms with Crippen molar-refractivity contribution >= 4 is 21.5 Å². The number of halogens is 8. The van der Waals surface area contributed by atoms with Crippen molar-refractivity contribution in [1.29, 1.82) is 0 Å². The molecule has 9 heteroatoms. The Morgan fingerprint density at radius 1 is 0.439 bits per heavy atom. The maximum Gasteiger partial charge on any atom is 4.00 e. The fraction of sp³-hybridized carbons (Fsp3) is 0.0625. The second-order valence-electron chi connectivity index (χ2n) is 8.91. The van der Waals surface area contributed by atoms with E-state index in [1.54, 1.807) is 36.4 Å². The summed E-state index contributed by atoms with van der Waals surface area (Å²) < 4.78 is 77.3. The van der Waals surface area contributed by atoms with Gasteiger partial charge >= 0.3 is 38.2 Å². The first-order valence-corrected chi connectivity index (χ1v) is 11.7. The number of benzene rings is 4. The van der Waals surface area contributed by atoms with E-state index in [4.69, 9.17) is 0 Å².